The van der Waals surface area contributed by atoms with E-state index in [4.69, 9.17) is 11.6 Å². The Morgan fingerprint density at radius 2 is 1.72 bits per heavy atom. The van der Waals surface area contributed by atoms with E-state index in [9.17, 15) is 14.4 Å². The van der Waals surface area contributed by atoms with E-state index in [0.29, 0.717) is 54.2 Å². The molecule has 1 aliphatic heterocycles. The highest BCUT2D eigenvalue weighted by Crippen LogP contribution is 2.23. The molecule has 2 heterocycles. The van der Waals surface area contributed by atoms with Gasteiger partial charge < -0.3 is 5.32 Å². The lowest BCUT2D eigenvalue weighted by atomic mass is 10.1. The van der Waals surface area contributed by atoms with E-state index in [1.165, 1.54) is 4.90 Å². The summed E-state index contributed by atoms with van der Waals surface area (Å²) in [7, 11) is 0. The molecule has 0 spiro atoms. The largest absolute Gasteiger partial charge is 0.323 e. The number of amides is 3. The Balaban J connectivity index is 1.17. The van der Waals surface area contributed by atoms with Crippen LogP contribution < -0.4 is 5.32 Å². The van der Waals surface area contributed by atoms with Gasteiger partial charge in [0.1, 0.15) is 0 Å². The lowest BCUT2D eigenvalue weighted by Gasteiger charge is -2.13. The summed E-state index contributed by atoms with van der Waals surface area (Å²) in [4.78, 5) is 38.2. The van der Waals surface area contributed by atoms with Gasteiger partial charge in [-0.1, -0.05) is 42.3 Å². The maximum atomic E-state index is 12.3. The first-order valence-corrected chi connectivity index (χ1v) is 10.9. The molecule has 0 aliphatic carbocycles. The van der Waals surface area contributed by atoms with Gasteiger partial charge in [-0.05, 0) is 42.7 Å². The van der Waals surface area contributed by atoms with Crippen molar-refractivity contribution in [1.82, 2.24) is 14.7 Å². The zero-order chi connectivity index (χ0) is 22.5. The topological polar surface area (TPSA) is 84.3 Å². The summed E-state index contributed by atoms with van der Waals surface area (Å²) < 4.78 is 1.74. The van der Waals surface area contributed by atoms with Crippen LogP contribution in [0.2, 0.25) is 5.02 Å². The van der Waals surface area contributed by atoms with Gasteiger partial charge in [0.2, 0.25) is 5.91 Å². The molecule has 0 atom stereocenters. The fraction of sp³-hybridized carbons (Fsp3) is 0.250. The van der Waals surface area contributed by atoms with Gasteiger partial charge in [0, 0.05) is 24.2 Å². The Morgan fingerprint density at radius 1 is 0.969 bits per heavy atom. The van der Waals surface area contributed by atoms with Crippen molar-refractivity contribution in [3.63, 3.8) is 0 Å². The minimum Gasteiger partial charge on any atom is -0.323 e. The number of imide groups is 1. The zero-order valence-electron chi connectivity index (χ0n) is 17.5. The van der Waals surface area contributed by atoms with E-state index in [-0.39, 0.29) is 17.7 Å². The summed E-state index contributed by atoms with van der Waals surface area (Å²) in [6, 6.07) is 14.4. The molecule has 7 nitrogen and oxygen atoms in total. The lowest BCUT2D eigenvalue weighted by molar-refractivity contribution is -0.116. The second-order valence-corrected chi connectivity index (χ2v) is 8.16. The molecule has 0 fully saturated rings. The fourth-order valence-corrected chi connectivity index (χ4v) is 3.95. The molecule has 0 radical (unpaired) electrons. The SMILES string of the molecule is O=C(CCCCCN1C(=O)c2ccccc2C1=O)Nc1cnn(Cc2cccc(Cl)c2)c1. The van der Waals surface area contributed by atoms with Gasteiger partial charge in [0.25, 0.3) is 11.8 Å². The number of halogens is 1. The third-order valence-corrected chi connectivity index (χ3v) is 5.55. The van der Waals surface area contributed by atoms with Crippen LogP contribution in [0.5, 0.6) is 0 Å². The van der Waals surface area contributed by atoms with Gasteiger partial charge in [-0.25, -0.2) is 0 Å². The molecule has 0 unspecified atom stereocenters. The molecular formula is C24H23ClN4O3. The van der Waals surface area contributed by atoms with Crippen molar-refractivity contribution >= 4 is 35.0 Å². The molecule has 3 amide bonds. The van der Waals surface area contributed by atoms with E-state index >= 15 is 0 Å². The van der Waals surface area contributed by atoms with Gasteiger partial charge >= 0.3 is 0 Å². The van der Waals surface area contributed by atoms with Crippen LogP contribution in [-0.2, 0) is 11.3 Å². The van der Waals surface area contributed by atoms with Crippen LogP contribution in [-0.4, -0.2) is 38.9 Å². The van der Waals surface area contributed by atoms with Gasteiger partial charge in [-0.15, -0.1) is 0 Å². The molecule has 1 aliphatic rings. The maximum absolute atomic E-state index is 12.3. The molecular weight excluding hydrogens is 428 g/mol. The Hall–Kier alpha value is -3.45. The van der Waals surface area contributed by atoms with Crippen molar-refractivity contribution in [1.29, 1.82) is 0 Å². The average Bonchev–Trinajstić information content (AvgIpc) is 3.31. The van der Waals surface area contributed by atoms with Crippen LogP contribution in [0.15, 0.2) is 60.9 Å². The molecule has 3 aromatic rings. The van der Waals surface area contributed by atoms with Crippen molar-refractivity contribution in [2.24, 2.45) is 0 Å². The summed E-state index contributed by atoms with van der Waals surface area (Å²) in [5.74, 6) is -0.565. The van der Waals surface area contributed by atoms with Gasteiger partial charge in [0.15, 0.2) is 0 Å². The third kappa shape index (κ3) is 5.06. The summed E-state index contributed by atoms with van der Waals surface area (Å²) >= 11 is 6.01. The van der Waals surface area contributed by atoms with Crippen LogP contribution in [0, 0.1) is 0 Å². The van der Waals surface area contributed by atoms with Crippen LogP contribution >= 0.6 is 11.6 Å². The summed E-state index contributed by atoms with van der Waals surface area (Å²) in [5, 5.41) is 7.79. The number of anilines is 1. The molecule has 2 aromatic carbocycles. The van der Waals surface area contributed by atoms with E-state index in [0.717, 1.165) is 12.0 Å². The van der Waals surface area contributed by atoms with Crippen molar-refractivity contribution in [3.8, 4) is 0 Å². The summed E-state index contributed by atoms with van der Waals surface area (Å²) in [5.41, 5.74) is 2.60. The van der Waals surface area contributed by atoms with Crippen LogP contribution in [0.25, 0.3) is 0 Å². The predicted molar refractivity (Wildman–Crippen MR) is 122 cm³/mol. The number of hydrogen-bond acceptors (Lipinski definition) is 4. The number of aromatic nitrogens is 2. The summed E-state index contributed by atoms with van der Waals surface area (Å²) in [6.45, 7) is 0.929. The monoisotopic (exact) mass is 450 g/mol. The zero-order valence-corrected chi connectivity index (χ0v) is 18.2. The number of unbranched alkanes of at least 4 members (excludes halogenated alkanes) is 2. The number of carbonyl (C=O) groups excluding carboxylic acids is 3. The van der Waals surface area contributed by atoms with Gasteiger partial charge in [0.05, 0.1) is 29.6 Å². The molecule has 0 saturated heterocycles. The second-order valence-electron chi connectivity index (χ2n) is 7.72. The second kappa shape index (κ2) is 9.78. The standard InChI is InChI=1S/C24H23ClN4O3/c25-18-8-6-7-17(13-18)15-28-16-19(14-26-28)27-22(30)11-2-1-5-12-29-23(31)20-9-3-4-10-21(20)24(29)32/h3-4,6-10,13-14,16H,1-2,5,11-12,15H2,(H,27,30). The predicted octanol–water partition coefficient (Wildman–Crippen LogP) is 4.38. The average molecular weight is 451 g/mol. The molecule has 8 heteroatoms. The number of benzene rings is 2. The van der Waals surface area contributed by atoms with Gasteiger partial charge in [-0.2, -0.15) is 5.10 Å². The maximum Gasteiger partial charge on any atom is 0.261 e. The fourth-order valence-electron chi connectivity index (χ4n) is 3.73. The minimum atomic E-state index is -0.238. The third-order valence-electron chi connectivity index (χ3n) is 5.31. The van der Waals surface area contributed by atoms with Crippen molar-refractivity contribution in [2.45, 2.75) is 32.2 Å². The first-order valence-electron chi connectivity index (χ1n) is 10.5. The lowest BCUT2D eigenvalue weighted by Crippen LogP contribution is -2.30. The Bertz CT molecular complexity index is 1120. The van der Waals surface area contributed by atoms with Crippen LogP contribution in [0.3, 0.4) is 0 Å². The smallest absolute Gasteiger partial charge is 0.261 e. The first kappa shape index (κ1) is 21.8. The number of nitrogens with zero attached hydrogens (tertiary/aromatic N) is 3. The van der Waals surface area contributed by atoms with Crippen LogP contribution in [0.4, 0.5) is 5.69 Å². The number of hydrogen-bond donors (Lipinski definition) is 1. The molecule has 1 aromatic heterocycles. The number of fused-ring (bicyclic) bond motifs is 1. The van der Waals surface area contributed by atoms with E-state index in [1.54, 1.807) is 41.3 Å². The first-order chi connectivity index (χ1) is 15.5. The van der Waals surface area contributed by atoms with Crippen LogP contribution in [0.1, 0.15) is 52.0 Å². The Labute approximate surface area is 191 Å². The molecule has 164 valence electrons. The quantitative estimate of drug-likeness (QED) is 0.387. The molecule has 1 N–H and O–H groups in total. The van der Waals surface area contributed by atoms with Crippen molar-refractivity contribution in [3.05, 3.63) is 82.6 Å². The van der Waals surface area contributed by atoms with E-state index in [1.807, 2.05) is 24.3 Å². The van der Waals surface area contributed by atoms with Crippen molar-refractivity contribution < 1.29 is 14.4 Å². The molecule has 0 bridgehead atoms. The molecule has 0 saturated carbocycles. The Kier molecular flexibility index (Phi) is 6.66. The highest BCUT2D eigenvalue weighted by atomic mass is 35.5. The number of rotatable bonds is 9. The highest BCUT2D eigenvalue weighted by molar-refractivity contribution is 6.30. The number of carbonyl (C=O) groups is 3. The number of nitrogens with one attached hydrogen (secondary N) is 1. The molecule has 4 rings (SSSR count). The molecule has 32 heavy (non-hydrogen) atoms. The normalized spacial score (nSPS) is 12.8. The van der Waals surface area contributed by atoms with E-state index in [2.05, 4.69) is 10.4 Å². The summed E-state index contributed by atoms with van der Waals surface area (Å²) in [6.07, 6.45) is 5.84. The minimum absolute atomic E-state index is 0.0898. The van der Waals surface area contributed by atoms with Crippen molar-refractivity contribution in [2.75, 3.05) is 11.9 Å². The van der Waals surface area contributed by atoms with E-state index < -0.39 is 0 Å². The highest BCUT2D eigenvalue weighted by Gasteiger charge is 2.34. The van der Waals surface area contributed by atoms with Gasteiger partial charge in [-0.3, -0.25) is 24.0 Å². The Morgan fingerprint density at radius 3 is 2.44 bits per heavy atom.